The molecule has 4 heterocycles. The van der Waals surface area contributed by atoms with E-state index in [1.165, 1.54) is 23.5 Å². The van der Waals surface area contributed by atoms with Crippen LogP contribution in [0.3, 0.4) is 0 Å². The van der Waals surface area contributed by atoms with Crippen LogP contribution in [0.5, 0.6) is 0 Å². The fourth-order valence-corrected chi connectivity index (χ4v) is 7.63. The molecule has 1 amide bonds. The number of ether oxygens (including phenoxy) is 1. The number of halogens is 3. The van der Waals surface area contributed by atoms with E-state index in [9.17, 15) is 18.0 Å². The van der Waals surface area contributed by atoms with Gasteiger partial charge in [-0.15, -0.1) is 11.8 Å². The van der Waals surface area contributed by atoms with Gasteiger partial charge in [0.2, 0.25) is 5.91 Å². The van der Waals surface area contributed by atoms with Crippen molar-refractivity contribution in [2.24, 2.45) is 0 Å². The van der Waals surface area contributed by atoms with Gasteiger partial charge in [-0.2, -0.15) is 13.2 Å². The number of alkyl halides is 3. The minimum atomic E-state index is -4.49. The average molecular weight is 573 g/mol. The van der Waals surface area contributed by atoms with Crippen LogP contribution in [0.4, 0.5) is 19.0 Å². The summed E-state index contributed by atoms with van der Waals surface area (Å²) in [7, 11) is 0. The Balaban J connectivity index is 1.14. The fraction of sp³-hybridized carbons (Fsp3) is 0.500. The van der Waals surface area contributed by atoms with Crippen LogP contribution in [0.1, 0.15) is 41.2 Å². The van der Waals surface area contributed by atoms with Gasteiger partial charge in [-0.3, -0.25) is 14.7 Å². The third-order valence-corrected chi connectivity index (χ3v) is 9.68. The molecule has 8 nitrogen and oxygen atoms in total. The second-order valence-electron chi connectivity index (χ2n) is 10.6. The van der Waals surface area contributed by atoms with Crippen LogP contribution in [0, 0.1) is 0 Å². The van der Waals surface area contributed by atoms with Gasteiger partial charge in [-0.1, -0.05) is 0 Å². The van der Waals surface area contributed by atoms with Crippen molar-refractivity contribution in [1.29, 1.82) is 0 Å². The molecule has 2 fully saturated rings. The highest BCUT2D eigenvalue weighted by molar-refractivity contribution is 8.00. The highest BCUT2D eigenvalue weighted by Crippen LogP contribution is 2.45. The number of amides is 1. The average Bonchev–Trinajstić information content (AvgIpc) is 3.56. The number of carbonyl (C=O) groups excluding carboxylic acids is 1. The first-order valence-corrected chi connectivity index (χ1v) is 14.5. The van der Waals surface area contributed by atoms with Crippen molar-refractivity contribution in [2.75, 3.05) is 38.2 Å². The number of nitrogens with one attached hydrogen (secondary N) is 2. The van der Waals surface area contributed by atoms with Gasteiger partial charge in [0.15, 0.2) is 0 Å². The molecule has 0 saturated carbocycles. The molecule has 6 rings (SSSR count). The Morgan fingerprint density at radius 1 is 1.12 bits per heavy atom. The summed E-state index contributed by atoms with van der Waals surface area (Å²) >= 11 is 1.92. The second kappa shape index (κ2) is 11.5. The number of rotatable bonds is 7. The Labute approximate surface area is 234 Å². The van der Waals surface area contributed by atoms with E-state index in [-0.39, 0.29) is 34.9 Å². The molecular weight excluding hydrogens is 541 g/mol. The zero-order valence-corrected chi connectivity index (χ0v) is 22.7. The number of likely N-dealkylation sites (tertiary alicyclic amines) is 1. The highest BCUT2D eigenvalue weighted by atomic mass is 32.2. The number of carbonyl (C=O) groups is 1. The predicted molar refractivity (Wildman–Crippen MR) is 147 cm³/mol. The van der Waals surface area contributed by atoms with Crippen molar-refractivity contribution in [3.05, 3.63) is 59.7 Å². The predicted octanol–water partition coefficient (Wildman–Crippen LogP) is 4.22. The fourth-order valence-electron chi connectivity index (χ4n) is 5.97. The van der Waals surface area contributed by atoms with Gasteiger partial charge in [0.25, 0.3) is 0 Å². The van der Waals surface area contributed by atoms with Crippen molar-refractivity contribution < 1.29 is 22.7 Å². The molecule has 0 radical (unpaired) electrons. The molecular formula is C28H31F3N6O2S. The number of benzene rings is 1. The Bertz CT molecular complexity index is 1370. The maximum atomic E-state index is 13.3. The van der Waals surface area contributed by atoms with Gasteiger partial charge < -0.3 is 15.4 Å². The molecule has 2 aromatic heterocycles. The van der Waals surface area contributed by atoms with Crippen LogP contribution in [-0.2, 0) is 22.1 Å². The lowest BCUT2D eigenvalue weighted by Crippen LogP contribution is -2.45. The molecule has 0 bridgehead atoms. The van der Waals surface area contributed by atoms with Crippen molar-refractivity contribution in [3.63, 3.8) is 0 Å². The van der Waals surface area contributed by atoms with Crippen LogP contribution < -0.4 is 10.6 Å². The summed E-state index contributed by atoms with van der Waals surface area (Å²) < 4.78 is 45.4. The smallest absolute Gasteiger partial charge is 0.381 e. The maximum absolute atomic E-state index is 13.3. The molecule has 3 atom stereocenters. The molecule has 0 spiro atoms. The van der Waals surface area contributed by atoms with Crippen LogP contribution >= 0.6 is 11.8 Å². The molecule has 212 valence electrons. The second-order valence-corrected chi connectivity index (χ2v) is 12.0. The SMILES string of the molecule is O=C(CNc1ncnc2ccc(C(F)(F)F)cc12)NC1CN(C2CCOCC2)C[C@@H]1SC1CCc2ccncc21. The topological polar surface area (TPSA) is 92.3 Å². The van der Waals surface area contributed by atoms with Gasteiger partial charge >= 0.3 is 6.18 Å². The number of thioether (sulfide) groups is 1. The summed E-state index contributed by atoms with van der Waals surface area (Å²) in [6.45, 7) is 3.04. The van der Waals surface area contributed by atoms with Gasteiger partial charge in [0.05, 0.1) is 23.7 Å². The number of hydrogen-bond acceptors (Lipinski definition) is 8. The van der Waals surface area contributed by atoms with Crippen molar-refractivity contribution >= 4 is 34.4 Å². The van der Waals surface area contributed by atoms with E-state index in [1.54, 1.807) is 0 Å². The Hall–Kier alpha value is -2.96. The molecule has 3 aliphatic rings. The van der Waals surface area contributed by atoms with Crippen molar-refractivity contribution in [1.82, 2.24) is 25.2 Å². The summed E-state index contributed by atoms with van der Waals surface area (Å²) in [6, 6.07) is 5.79. The van der Waals surface area contributed by atoms with E-state index in [1.807, 2.05) is 24.2 Å². The standard InChI is InChI=1S/C28H31F3N6O2S/c29-28(30,31)18-2-3-22-20(11-18)27(35-16-34-22)33-13-26(38)36-23-14-37(19-6-9-39-10-7-19)15-25(23)40-24-4-1-17-5-8-32-12-21(17)24/h2-3,5,8,11-12,16,19,23-25H,1,4,6-7,9-10,13-15H2,(H,36,38)(H,33,34,35)/t23?,24?,25-/m0/s1. The van der Waals surface area contributed by atoms with Gasteiger partial charge in [-0.05, 0) is 61.1 Å². The zero-order valence-electron chi connectivity index (χ0n) is 21.9. The first-order chi connectivity index (χ1) is 19.3. The van der Waals surface area contributed by atoms with Gasteiger partial charge in [0, 0.05) is 60.6 Å². The lowest BCUT2D eigenvalue weighted by Gasteiger charge is -2.31. The molecule has 1 aliphatic carbocycles. The third-order valence-electron chi connectivity index (χ3n) is 8.04. The third kappa shape index (κ3) is 5.89. The Kier molecular flexibility index (Phi) is 7.82. The van der Waals surface area contributed by atoms with E-state index in [4.69, 9.17) is 4.74 Å². The summed E-state index contributed by atoms with van der Waals surface area (Å²) in [5, 5.41) is 6.93. The van der Waals surface area contributed by atoms with Gasteiger partial charge in [0.1, 0.15) is 12.1 Å². The lowest BCUT2D eigenvalue weighted by molar-refractivity contribution is -0.137. The van der Waals surface area contributed by atoms with E-state index in [0.717, 1.165) is 64.1 Å². The molecule has 2 unspecified atom stereocenters. The highest BCUT2D eigenvalue weighted by Gasteiger charge is 2.40. The van der Waals surface area contributed by atoms with Crippen LogP contribution in [0.15, 0.2) is 43.0 Å². The van der Waals surface area contributed by atoms with E-state index in [2.05, 4.69) is 36.6 Å². The van der Waals surface area contributed by atoms with Gasteiger partial charge in [-0.25, -0.2) is 9.97 Å². The minimum absolute atomic E-state index is 0.0539. The molecule has 2 aliphatic heterocycles. The van der Waals surface area contributed by atoms with E-state index in [0.29, 0.717) is 16.8 Å². The Morgan fingerprint density at radius 2 is 1.98 bits per heavy atom. The molecule has 40 heavy (non-hydrogen) atoms. The van der Waals surface area contributed by atoms with E-state index < -0.39 is 11.7 Å². The number of nitrogens with zero attached hydrogens (tertiary/aromatic N) is 4. The Morgan fingerprint density at radius 3 is 2.80 bits per heavy atom. The van der Waals surface area contributed by atoms with Crippen LogP contribution in [0.2, 0.25) is 0 Å². The number of anilines is 1. The lowest BCUT2D eigenvalue weighted by atomic mass is 10.1. The number of fused-ring (bicyclic) bond motifs is 2. The number of aryl methyl sites for hydroxylation is 1. The largest absolute Gasteiger partial charge is 0.416 e. The molecule has 3 aromatic rings. The first-order valence-electron chi connectivity index (χ1n) is 13.6. The number of pyridine rings is 1. The van der Waals surface area contributed by atoms with E-state index >= 15 is 0 Å². The van der Waals surface area contributed by atoms with Crippen LogP contribution in [-0.4, -0.2) is 75.9 Å². The molecule has 2 N–H and O–H groups in total. The molecule has 12 heteroatoms. The summed E-state index contributed by atoms with van der Waals surface area (Å²) in [4.78, 5) is 28.1. The monoisotopic (exact) mass is 572 g/mol. The maximum Gasteiger partial charge on any atom is 0.416 e. The summed E-state index contributed by atoms with van der Waals surface area (Å²) in [6.07, 6.45) is 4.67. The summed E-state index contributed by atoms with van der Waals surface area (Å²) in [5.74, 6) is -0.0286. The zero-order chi connectivity index (χ0) is 27.7. The molecule has 2 saturated heterocycles. The molecule has 1 aromatic carbocycles. The first kappa shape index (κ1) is 27.2. The number of aromatic nitrogens is 3. The van der Waals surface area contributed by atoms with Crippen LogP contribution in [0.25, 0.3) is 10.9 Å². The summed E-state index contributed by atoms with van der Waals surface area (Å²) in [5.41, 5.74) is 2.22. The van der Waals surface area contributed by atoms with Crippen molar-refractivity contribution in [3.8, 4) is 0 Å². The quantitative estimate of drug-likeness (QED) is 0.435. The van der Waals surface area contributed by atoms with Crippen molar-refractivity contribution in [2.45, 2.75) is 54.4 Å². The normalized spacial score (nSPS) is 23.8. The minimum Gasteiger partial charge on any atom is -0.381 e. The number of hydrogen-bond donors (Lipinski definition) is 2.